The van der Waals surface area contributed by atoms with Crippen LogP contribution in [0.2, 0.25) is 0 Å². The van der Waals surface area contributed by atoms with Gasteiger partial charge in [-0.05, 0) is 29.8 Å². The Labute approximate surface area is 158 Å². The zero-order valence-corrected chi connectivity index (χ0v) is 16.4. The monoisotopic (exact) mass is 445 g/mol. The van der Waals surface area contributed by atoms with Crippen LogP contribution in [0.5, 0.6) is 0 Å². The Kier molecular flexibility index (Phi) is 5.54. The van der Waals surface area contributed by atoms with Gasteiger partial charge < -0.3 is 0 Å². The maximum Gasteiger partial charge on any atom is 0.324 e. The van der Waals surface area contributed by atoms with Crippen LogP contribution in [-0.4, -0.2) is 48.7 Å². The molecule has 0 spiro atoms. The summed E-state index contributed by atoms with van der Waals surface area (Å²) < 4.78 is 27.6. The smallest absolute Gasteiger partial charge is 0.296 e. The number of thiophene rings is 1. The van der Waals surface area contributed by atoms with Crippen LogP contribution in [0.15, 0.2) is 45.1 Å². The van der Waals surface area contributed by atoms with Crippen LogP contribution in [0.1, 0.15) is 5.56 Å². The lowest BCUT2D eigenvalue weighted by molar-refractivity contribution is -0.380. The molecule has 3 rings (SSSR count). The molecule has 0 bridgehead atoms. The average molecular weight is 446 g/mol. The molecule has 134 valence electrons. The predicted molar refractivity (Wildman–Crippen MR) is 99.2 cm³/mol. The Morgan fingerprint density at radius 3 is 2.36 bits per heavy atom. The summed E-state index contributed by atoms with van der Waals surface area (Å²) in [5.41, 5.74) is 0.890. The molecule has 2 aromatic rings. The first kappa shape index (κ1) is 18.5. The van der Waals surface area contributed by atoms with Gasteiger partial charge in [-0.3, -0.25) is 15.0 Å². The summed E-state index contributed by atoms with van der Waals surface area (Å²) in [5.74, 6) is 0. The van der Waals surface area contributed by atoms with Crippen LogP contribution < -0.4 is 0 Å². The van der Waals surface area contributed by atoms with Crippen molar-refractivity contribution >= 4 is 42.3 Å². The molecule has 2 heterocycles. The lowest BCUT2D eigenvalue weighted by atomic mass is 10.3. The highest BCUT2D eigenvalue weighted by molar-refractivity contribution is 9.10. The van der Waals surface area contributed by atoms with Crippen LogP contribution in [-0.2, 0) is 16.6 Å². The van der Waals surface area contributed by atoms with Gasteiger partial charge in [0.05, 0.1) is 9.82 Å². The lowest BCUT2D eigenvalue weighted by Crippen LogP contribution is -2.48. The first-order valence-electron chi connectivity index (χ1n) is 7.56. The molecular formula is C15H16BrN3O4S2. The number of halogens is 1. The SMILES string of the molecule is O=[N+]([O-])c1cc(CN2CCN(S(=O)(=O)c3ccc(Br)cc3)CC2)cs1. The fourth-order valence-electron chi connectivity index (χ4n) is 2.68. The maximum absolute atomic E-state index is 12.7. The van der Waals surface area contributed by atoms with Gasteiger partial charge in [-0.1, -0.05) is 27.3 Å². The van der Waals surface area contributed by atoms with Crippen molar-refractivity contribution in [3.8, 4) is 0 Å². The number of hydrogen-bond donors (Lipinski definition) is 0. The number of hydrogen-bond acceptors (Lipinski definition) is 6. The highest BCUT2D eigenvalue weighted by atomic mass is 79.9. The molecule has 1 aliphatic rings. The Hall–Kier alpha value is -1.33. The fraction of sp³-hybridized carbons (Fsp3) is 0.333. The summed E-state index contributed by atoms with van der Waals surface area (Å²) in [4.78, 5) is 12.7. The van der Waals surface area contributed by atoms with Crippen molar-refractivity contribution in [1.82, 2.24) is 9.21 Å². The van der Waals surface area contributed by atoms with Crippen LogP contribution in [0, 0.1) is 10.1 Å². The van der Waals surface area contributed by atoms with Gasteiger partial charge in [-0.15, -0.1) is 0 Å². The molecule has 25 heavy (non-hydrogen) atoms. The quantitative estimate of drug-likeness (QED) is 0.521. The molecule has 0 atom stereocenters. The van der Waals surface area contributed by atoms with E-state index in [1.165, 1.54) is 4.31 Å². The number of nitro groups is 1. The van der Waals surface area contributed by atoms with Crippen LogP contribution in [0.3, 0.4) is 0 Å². The van der Waals surface area contributed by atoms with Gasteiger partial charge in [0.15, 0.2) is 0 Å². The Balaban J connectivity index is 1.61. The molecule has 1 fully saturated rings. The third kappa shape index (κ3) is 4.26. The van der Waals surface area contributed by atoms with Gasteiger partial charge >= 0.3 is 5.00 Å². The summed E-state index contributed by atoms with van der Waals surface area (Å²) in [5, 5.41) is 12.7. The maximum atomic E-state index is 12.7. The summed E-state index contributed by atoms with van der Waals surface area (Å²) in [6.45, 7) is 2.60. The van der Waals surface area contributed by atoms with Gasteiger partial charge in [0.2, 0.25) is 10.0 Å². The number of sulfonamides is 1. The van der Waals surface area contributed by atoms with Gasteiger partial charge in [0.1, 0.15) is 0 Å². The van der Waals surface area contributed by atoms with E-state index < -0.39 is 14.9 Å². The van der Waals surface area contributed by atoms with Crippen molar-refractivity contribution in [2.45, 2.75) is 11.4 Å². The molecule has 7 nitrogen and oxygen atoms in total. The van der Waals surface area contributed by atoms with E-state index in [0.29, 0.717) is 32.7 Å². The molecule has 0 aliphatic carbocycles. The number of benzene rings is 1. The minimum absolute atomic E-state index is 0.131. The van der Waals surface area contributed by atoms with Crippen LogP contribution >= 0.6 is 27.3 Å². The average Bonchev–Trinajstić information content (AvgIpc) is 3.04. The van der Waals surface area contributed by atoms with Gasteiger partial charge in [0, 0.05) is 48.6 Å². The van der Waals surface area contributed by atoms with E-state index in [-0.39, 0.29) is 9.90 Å². The normalized spacial score (nSPS) is 16.8. The van der Waals surface area contributed by atoms with E-state index in [1.807, 2.05) is 0 Å². The van der Waals surface area contributed by atoms with Crippen molar-refractivity contribution in [2.75, 3.05) is 26.2 Å². The molecule has 0 radical (unpaired) electrons. The van der Waals surface area contributed by atoms with Crippen molar-refractivity contribution < 1.29 is 13.3 Å². The molecule has 0 N–H and O–H groups in total. The van der Waals surface area contributed by atoms with E-state index in [4.69, 9.17) is 0 Å². The molecule has 1 saturated heterocycles. The molecule has 1 aromatic carbocycles. The van der Waals surface area contributed by atoms with Crippen LogP contribution in [0.25, 0.3) is 0 Å². The van der Waals surface area contributed by atoms with Crippen molar-refractivity contribution in [2.24, 2.45) is 0 Å². The Morgan fingerprint density at radius 2 is 1.80 bits per heavy atom. The standard InChI is InChI=1S/C15H16BrN3O4S2/c16-13-1-3-14(4-2-13)25(22,23)18-7-5-17(6-8-18)10-12-9-15(19(20)21)24-11-12/h1-4,9,11H,5-8,10H2. The summed E-state index contributed by atoms with van der Waals surface area (Å²) in [7, 11) is -3.48. The Morgan fingerprint density at radius 1 is 1.16 bits per heavy atom. The number of rotatable bonds is 5. The fourth-order valence-corrected chi connectivity index (χ4v) is 5.09. The summed E-state index contributed by atoms with van der Waals surface area (Å²) >= 11 is 4.42. The second-order valence-electron chi connectivity index (χ2n) is 5.68. The lowest BCUT2D eigenvalue weighted by Gasteiger charge is -2.33. The van der Waals surface area contributed by atoms with Crippen molar-refractivity contribution in [3.05, 3.63) is 55.9 Å². The molecule has 0 unspecified atom stereocenters. The number of nitrogens with zero attached hydrogens (tertiary/aromatic N) is 3. The Bertz CT molecular complexity index is 859. The molecule has 1 aromatic heterocycles. The highest BCUT2D eigenvalue weighted by Crippen LogP contribution is 2.25. The van der Waals surface area contributed by atoms with E-state index in [0.717, 1.165) is 21.4 Å². The molecule has 0 saturated carbocycles. The zero-order chi connectivity index (χ0) is 18.0. The second kappa shape index (κ2) is 7.50. The predicted octanol–water partition coefficient (Wildman–Crippen LogP) is 2.93. The molecule has 10 heteroatoms. The summed E-state index contributed by atoms with van der Waals surface area (Å²) in [6.07, 6.45) is 0. The van der Waals surface area contributed by atoms with Crippen LogP contribution in [0.4, 0.5) is 5.00 Å². The minimum atomic E-state index is -3.48. The topological polar surface area (TPSA) is 83.8 Å². The van der Waals surface area contributed by atoms with E-state index >= 15 is 0 Å². The van der Waals surface area contributed by atoms with Crippen molar-refractivity contribution in [1.29, 1.82) is 0 Å². The van der Waals surface area contributed by atoms with E-state index in [9.17, 15) is 18.5 Å². The van der Waals surface area contributed by atoms with E-state index in [1.54, 1.807) is 35.7 Å². The van der Waals surface area contributed by atoms with Crippen molar-refractivity contribution in [3.63, 3.8) is 0 Å². The first-order chi connectivity index (χ1) is 11.9. The van der Waals surface area contributed by atoms with E-state index in [2.05, 4.69) is 20.8 Å². The number of piperazine rings is 1. The van der Waals surface area contributed by atoms with Gasteiger partial charge in [-0.2, -0.15) is 4.31 Å². The second-order valence-corrected chi connectivity index (χ2v) is 9.43. The van der Waals surface area contributed by atoms with Gasteiger partial charge in [-0.25, -0.2) is 8.42 Å². The summed E-state index contributed by atoms with van der Waals surface area (Å²) in [6, 6.07) is 8.20. The van der Waals surface area contributed by atoms with Gasteiger partial charge in [0.25, 0.3) is 0 Å². The zero-order valence-electron chi connectivity index (χ0n) is 13.2. The highest BCUT2D eigenvalue weighted by Gasteiger charge is 2.28. The molecule has 0 amide bonds. The third-order valence-corrected chi connectivity index (χ3v) is 7.38. The third-order valence-electron chi connectivity index (χ3n) is 4.01. The minimum Gasteiger partial charge on any atom is -0.296 e. The molecular weight excluding hydrogens is 430 g/mol. The first-order valence-corrected chi connectivity index (χ1v) is 10.7. The largest absolute Gasteiger partial charge is 0.324 e. The molecule has 1 aliphatic heterocycles.